The van der Waals surface area contributed by atoms with Crippen LogP contribution in [0.3, 0.4) is 0 Å². The van der Waals surface area contributed by atoms with Gasteiger partial charge in [0.2, 0.25) is 11.8 Å². The molecule has 2 aromatic carbocycles. The number of ether oxygens (including phenoxy) is 1. The smallest absolute Gasteiger partial charge is 0.319 e. The Morgan fingerprint density at radius 1 is 1.14 bits per heavy atom. The van der Waals surface area contributed by atoms with Crippen molar-refractivity contribution >= 4 is 29.2 Å². The number of urea groups is 1. The van der Waals surface area contributed by atoms with Gasteiger partial charge >= 0.3 is 6.03 Å². The molecule has 1 aliphatic rings. The molecule has 4 amide bonds. The molecule has 1 saturated heterocycles. The zero-order chi connectivity index (χ0) is 20.1. The van der Waals surface area contributed by atoms with E-state index in [0.717, 1.165) is 11.4 Å². The quantitative estimate of drug-likeness (QED) is 0.710. The van der Waals surface area contributed by atoms with E-state index in [9.17, 15) is 14.4 Å². The molecule has 4 N–H and O–H groups in total. The average molecular weight is 382 g/mol. The van der Waals surface area contributed by atoms with Gasteiger partial charge in [-0.3, -0.25) is 9.59 Å². The fourth-order valence-corrected chi connectivity index (χ4v) is 3.01. The van der Waals surface area contributed by atoms with Crippen LogP contribution in [0.4, 0.5) is 16.2 Å². The van der Waals surface area contributed by atoms with Crippen molar-refractivity contribution < 1.29 is 19.1 Å². The standard InChI is InChI=1S/C20H22N4O4/c1-2-28-17-9-7-16(8-10-17)24-12-15(11-18(24)25)23-20(27)22-14-5-3-13(4-6-14)19(21)26/h3-10,15H,2,11-12H2,1H3,(H2,21,26)(H2,22,23,27). The highest BCUT2D eigenvalue weighted by atomic mass is 16.5. The second-order valence-corrected chi connectivity index (χ2v) is 6.37. The van der Waals surface area contributed by atoms with Gasteiger partial charge in [-0.2, -0.15) is 0 Å². The lowest BCUT2D eigenvalue weighted by Gasteiger charge is -2.18. The first-order valence-electron chi connectivity index (χ1n) is 8.97. The molecule has 146 valence electrons. The second kappa shape index (κ2) is 8.43. The first kappa shape index (κ1) is 19.2. The fraction of sp³-hybridized carbons (Fsp3) is 0.250. The van der Waals surface area contributed by atoms with Gasteiger partial charge in [-0.05, 0) is 55.5 Å². The lowest BCUT2D eigenvalue weighted by atomic mass is 10.2. The Balaban J connectivity index is 1.56. The highest BCUT2D eigenvalue weighted by Crippen LogP contribution is 2.24. The van der Waals surface area contributed by atoms with E-state index in [4.69, 9.17) is 10.5 Å². The van der Waals surface area contributed by atoms with E-state index >= 15 is 0 Å². The van der Waals surface area contributed by atoms with Crippen molar-refractivity contribution in [3.63, 3.8) is 0 Å². The van der Waals surface area contributed by atoms with Crippen LogP contribution >= 0.6 is 0 Å². The summed E-state index contributed by atoms with van der Waals surface area (Å²) < 4.78 is 5.41. The Morgan fingerprint density at radius 2 is 1.82 bits per heavy atom. The van der Waals surface area contributed by atoms with Crippen molar-refractivity contribution in [2.45, 2.75) is 19.4 Å². The van der Waals surface area contributed by atoms with Crippen molar-refractivity contribution in [2.75, 3.05) is 23.4 Å². The Bertz CT molecular complexity index is 865. The number of hydrogen-bond acceptors (Lipinski definition) is 4. The molecule has 0 spiro atoms. The maximum absolute atomic E-state index is 12.3. The highest BCUT2D eigenvalue weighted by molar-refractivity contribution is 5.98. The second-order valence-electron chi connectivity index (χ2n) is 6.37. The Morgan fingerprint density at radius 3 is 2.43 bits per heavy atom. The summed E-state index contributed by atoms with van der Waals surface area (Å²) >= 11 is 0. The maximum Gasteiger partial charge on any atom is 0.319 e. The molecule has 0 radical (unpaired) electrons. The van der Waals surface area contributed by atoms with E-state index < -0.39 is 11.9 Å². The van der Waals surface area contributed by atoms with Crippen LogP contribution in [0.25, 0.3) is 0 Å². The molecule has 0 aromatic heterocycles. The van der Waals surface area contributed by atoms with Crippen LogP contribution in [0, 0.1) is 0 Å². The fourth-order valence-electron chi connectivity index (χ4n) is 3.01. The van der Waals surface area contributed by atoms with Crippen LogP contribution in [0.15, 0.2) is 48.5 Å². The van der Waals surface area contributed by atoms with Crippen LogP contribution < -0.4 is 26.0 Å². The van der Waals surface area contributed by atoms with Gasteiger partial charge in [-0.15, -0.1) is 0 Å². The van der Waals surface area contributed by atoms with Gasteiger partial charge in [-0.25, -0.2) is 4.79 Å². The third-order valence-corrected chi connectivity index (χ3v) is 4.35. The Labute approximate surface area is 162 Å². The lowest BCUT2D eigenvalue weighted by Crippen LogP contribution is -2.39. The minimum Gasteiger partial charge on any atom is -0.494 e. The maximum atomic E-state index is 12.3. The zero-order valence-corrected chi connectivity index (χ0v) is 15.5. The number of carbonyl (C=O) groups excluding carboxylic acids is 3. The summed E-state index contributed by atoms with van der Waals surface area (Å²) in [5, 5.41) is 5.48. The first-order chi connectivity index (χ1) is 13.5. The number of nitrogens with one attached hydrogen (secondary N) is 2. The van der Waals surface area contributed by atoms with Crippen molar-refractivity contribution in [1.82, 2.24) is 5.32 Å². The van der Waals surface area contributed by atoms with Gasteiger partial charge in [0.05, 0.1) is 12.6 Å². The van der Waals surface area contributed by atoms with Crippen LogP contribution in [0.2, 0.25) is 0 Å². The van der Waals surface area contributed by atoms with Gasteiger partial charge in [0, 0.05) is 29.9 Å². The normalized spacial score (nSPS) is 16.0. The summed E-state index contributed by atoms with van der Waals surface area (Å²) in [4.78, 5) is 37.2. The number of rotatable bonds is 6. The third kappa shape index (κ3) is 4.59. The molecule has 8 nitrogen and oxygen atoms in total. The van der Waals surface area contributed by atoms with Crippen molar-refractivity contribution in [1.29, 1.82) is 0 Å². The van der Waals surface area contributed by atoms with Crippen molar-refractivity contribution in [3.8, 4) is 5.75 Å². The van der Waals surface area contributed by atoms with Gasteiger partial charge in [0.1, 0.15) is 5.75 Å². The minimum atomic E-state index is -0.533. The summed E-state index contributed by atoms with van der Waals surface area (Å²) in [7, 11) is 0. The molecular formula is C20H22N4O4. The summed E-state index contributed by atoms with van der Waals surface area (Å²) in [5.74, 6) is 0.157. The number of hydrogen-bond donors (Lipinski definition) is 3. The van der Waals surface area contributed by atoms with E-state index in [-0.39, 0.29) is 18.4 Å². The molecule has 0 bridgehead atoms. The van der Waals surface area contributed by atoms with Gasteiger partial charge in [-0.1, -0.05) is 0 Å². The number of amides is 4. The van der Waals surface area contributed by atoms with Crippen LogP contribution in [0.5, 0.6) is 5.75 Å². The molecular weight excluding hydrogens is 360 g/mol. The van der Waals surface area contributed by atoms with Crippen LogP contribution in [-0.4, -0.2) is 37.0 Å². The summed E-state index contributed by atoms with van der Waals surface area (Å²) in [6.45, 7) is 2.88. The predicted molar refractivity (Wildman–Crippen MR) is 105 cm³/mol. The van der Waals surface area contributed by atoms with Crippen molar-refractivity contribution in [2.24, 2.45) is 5.73 Å². The molecule has 1 heterocycles. The molecule has 0 saturated carbocycles. The van der Waals surface area contributed by atoms with E-state index in [0.29, 0.717) is 24.4 Å². The molecule has 0 aliphatic carbocycles. The predicted octanol–water partition coefficient (Wildman–Crippen LogP) is 2.11. The summed E-state index contributed by atoms with van der Waals surface area (Å²) in [6, 6.07) is 12.8. The SMILES string of the molecule is CCOc1ccc(N2CC(NC(=O)Nc3ccc(C(N)=O)cc3)CC2=O)cc1. The van der Waals surface area contributed by atoms with Gasteiger partial charge in [0.25, 0.3) is 0 Å². The van der Waals surface area contributed by atoms with Gasteiger partial charge in [0.15, 0.2) is 0 Å². The molecule has 2 aromatic rings. The number of nitrogens with two attached hydrogens (primary N) is 1. The molecule has 1 aliphatic heterocycles. The van der Waals surface area contributed by atoms with Crippen molar-refractivity contribution in [3.05, 3.63) is 54.1 Å². The number of primary amides is 1. The van der Waals surface area contributed by atoms with E-state index in [1.54, 1.807) is 17.0 Å². The minimum absolute atomic E-state index is 0.0553. The molecule has 1 atom stereocenters. The largest absolute Gasteiger partial charge is 0.494 e. The lowest BCUT2D eigenvalue weighted by molar-refractivity contribution is -0.117. The summed E-state index contributed by atoms with van der Waals surface area (Å²) in [5.41, 5.74) is 6.84. The molecule has 1 fully saturated rings. The summed E-state index contributed by atoms with van der Waals surface area (Å²) in [6.07, 6.45) is 0.223. The monoisotopic (exact) mass is 382 g/mol. The third-order valence-electron chi connectivity index (χ3n) is 4.35. The van der Waals surface area contributed by atoms with Crippen LogP contribution in [0.1, 0.15) is 23.7 Å². The average Bonchev–Trinajstić information content (AvgIpc) is 3.03. The highest BCUT2D eigenvalue weighted by Gasteiger charge is 2.31. The number of benzene rings is 2. The number of carbonyl (C=O) groups is 3. The molecule has 8 heteroatoms. The Kier molecular flexibility index (Phi) is 5.78. The van der Waals surface area contributed by atoms with E-state index in [1.807, 2.05) is 31.2 Å². The topological polar surface area (TPSA) is 114 Å². The van der Waals surface area contributed by atoms with Gasteiger partial charge < -0.3 is 26.0 Å². The number of nitrogens with zero attached hydrogens (tertiary/aromatic N) is 1. The van der Waals surface area contributed by atoms with Crippen LogP contribution in [-0.2, 0) is 4.79 Å². The van der Waals surface area contributed by atoms with E-state index in [1.165, 1.54) is 12.1 Å². The Hall–Kier alpha value is -3.55. The zero-order valence-electron chi connectivity index (χ0n) is 15.5. The number of anilines is 2. The van der Waals surface area contributed by atoms with E-state index in [2.05, 4.69) is 10.6 Å². The molecule has 1 unspecified atom stereocenters. The molecule has 28 heavy (non-hydrogen) atoms. The first-order valence-corrected chi connectivity index (χ1v) is 8.97. The molecule has 3 rings (SSSR count).